The predicted octanol–water partition coefficient (Wildman–Crippen LogP) is 5.81. The first-order valence-electron chi connectivity index (χ1n) is 12.3. The lowest BCUT2D eigenvalue weighted by Crippen LogP contribution is -2.36. The molecule has 0 bridgehead atoms. The van der Waals surface area contributed by atoms with E-state index in [-0.39, 0.29) is 18.6 Å². The van der Waals surface area contributed by atoms with Crippen LogP contribution < -0.4 is 9.47 Å². The third-order valence-electron chi connectivity index (χ3n) is 6.79. The highest BCUT2D eigenvalue weighted by atomic mass is 16.6. The Hall–Kier alpha value is -3.83. The molecule has 2 atom stereocenters. The molecular weight excluding hydrogens is 450 g/mol. The van der Waals surface area contributed by atoms with E-state index in [1.807, 2.05) is 18.2 Å². The molecule has 1 aliphatic heterocycles. The zero-order valence-electron chi connectivity index (χ0n) is 20.7. The van der Waals surface area contributed by atoms with Gasteiger partial charge in [0.25, 0.3) is 0 Å². The zero-order chi connectivity index (χ0) is 24.9. The van der Waals surface area contributed by atoms with Crippen molar-refractivity contribution in [3.63, 3.8) is 0 Å². The van der Waals surface area contributed by atoms with Gasteiger partial charge in [0.2, 0.25) is 0 Å². The van der Waals surface area contributed by atoms with Gasteiger partial charge in [-0.05, 0) is 53.6 Å². The number of nitrogens with zero attached hydrogens (tertiary/aromatic N) is 1. The summed E-state index contributed by atoms with van der Waals surface area (Å²) in [7, 11) is 3.52. The number of rotatable bonds is 8. The maximum absolute atomic E-state index is 11.4. The number of fused-ring (bicyclic) bond motifs is 2. The van der Waals surface area contributed by atoms with Crippen LogP contribution in [0.15, 0.2) is 91.0 Å². The Kier molecular flexibility index (Phi) is 7.19. The van der Waals surface area contributed by atoms with Gasteiger partial charge >= 0.3 is 5.97 Å². The van der Waals surface area contributed by atoms with E-state index in [0.29, 0.717) is 5.75 Å². The molecule has 0 saturated heterocycles. The van der Waals surface area contributed by atoms with E-state index in [9.17, 15) is 4.79 Å². The standard InChI is InChI=1S/C31H31NO4/c1-32(19-24-10-7-9-22-8-3-4-11-27(22)24)20-26-18-29(28-12-5-6-13-30(28)36-26)23-14-16-25(17-15-23)35-21-31(33)34-2/h3-17,26,29H,18-21H2,1-2H3/t26-,29?/m0/s1. The Bertz CT molecular complexity index is 1330. The van der Waals surface area contributed by atoms with Crippen molar-refractivity contribution in [2.45, 2.75) is 25.0 Å². The molecule has 1 aliphatic rings. The molecule has 5 rings (SSSR count). The lowest BCUT2D eigenvalue weighted by molar-refractivity contribution is -0.142. The van der Waals surface area contributed by atoms with E-state index in [2.05, 4.69) is 89.5 Å². The summed E-state index contributed by atoms with van der Waals surface area (Å²) >= 11 is 0. The lowest BCUT2D eigenvalue weighted by Gasteiger charge is -2.34. The van der Waals surface area contributed by atoms with Crippen molar-refractivity contribution in [2.24, 2.45) is 0 Å². The van der Waals surface area contributed by atoms with Crippen LogP contribution in [0.25, 0.3) is 10.8 Å². The van der Waals surface area contributed by atoms with Crippen molar-refractivity contribution in [3.8, 4) is 11.5 Å². The average Bonchev–Trinajstić information content (AvgIpc) is 2.91. The Labute approximate surface area is 212 Å². The second-order valence-electron chi connectivity index (χ2n) is 9.33. The van der Waals surface area contributed by atoms with E-state index >= 15 is 0 Å². The Morgan fingerprint density at radius 3 is 2.53 bits per heavy atom. The van der Waals surface area contributed by atoms with Gasteiger partial charge in [0.15, 0.2) is 6.61 Å². The summed E-state index contributed by atoms with van der Waals surface area (Å²) in [4.78, 5) is 13.7. The number of carbonyl (C=O) groups excluding carboxylic acids is 1. The molecule has 36 heavy (non-hydrogen) atoms. The molecule has 4 aromatic rings. The topological polar surface area (TPSA) is 48.0 Å². The molecule has 4 aromatic carbocycles. The summed E-state index contributed by atoms with van der Waals surface area (Å²) < 4.78 is 16.6. The molecule has 0 saturated carbocycles. The Balaban J connectivity index is 1.31. The minimum absolute atomic E-state index is 0.0696. The molecule has 0 radical (unpaired) electrons. The van der Waals surface area contributed by atoms with E-state index < -0.39 is 5.97 Å². The number of hydrogen-bond acceptors (Lipinski definition) is 5. The third kappa shape index (κ3) is 5.37. The van der Waals surface area contributed by atoms with Crippen LogP contribution in [-0.4, -0.2) is 44.3 Å². The smallest absolute Gasteiger partial charge is 0.343 e. The zero-order valence-corrected chi connectivity index (χ0v) is 20.7. The molecule has 0 fully saturated rings. The average molecular weight is 482 g/mol. The minimum atomic E-state index is -0.395. The first kappa shape index (κ1) is 23.9. The summed E-state index contributed by atoms with van der Waals surface area (Å²) in [5, 5.41) is 2.57. The van der Waals surface area contributed by atoms with E-state index in [1.54, 1.807) is 0 Å². The van der Waals surface area contributed by atoms with Crippen molar-refractivity contribution in [3.05, 3.63) is 108 Å². The van der Waals surface area contributed by atoms with E-state index in [0.717, 1.165) is 25.3 Å². The molecule has 1 unspecified atom stereocenters. The SMILES string of the molecule is COC(=O)COc1ccc(C2C[C@@H](CN(C)Cc3cccc4ccccc34)Oc3ccccc32)cc1. The fraction of sp³-hybridized carbons (Fsp3) is 0.258. The second kappa shape index (κ2) is 10.8. The molecule has 0 amide bonds. The van der Waals surface area contributed by atoms with Crippen LogP contribution in [0.4, 0.5) is 0 Å². The molecule has 0 aromatic heterocycles. The fourth-order valence-electron chi connectivity index (χ4n) is 5.05. The first-order valence-corrected chi connectivity index (χ1v) is 12.3. The van der Waals surface area contributed by atoms with Crippen molar-refractivity contribution in [1.29, 1.82) is 0 Å². The summed E-state index contributed by atoms with van der Waals surface area (Å²) in [6.07, 6.45) is 0.958. The molecule has 0 N–H and O–H groups in total. The highest BCUT2D eigenvalue weighted by Gasteiger charge is 2.30. The van der Waals surface area contributed by atoms with E-state index in [4.69, 9.17) is 9.47 Å². The second-order valence-corrected chi connectivity index (χ2v) is 9.33. The van der Waals surface area contributed by atoms with Gasteiger partial charge in [-0.15, -0.1) is 0 Å². The lowest BCUT2D eigenvalue weighted by atomic mass is 9.84. The van der Waals surface area contributed by atoms with Gasteiger partial charge in [-0.25, -0.2) is 4.79 Å². The number of para-hydroxylation sites is 1. The number of ether oxygens (including phenoxy) is 3. The van der Waals surface area contributed by atoms with Crippen LogP contribution in [0.2, 0.25) is 0 Å². The van der Waals surface area contributed by atoms with Gasteiger partial charge in [-0.1, -0.05) is 72.8 Å². The van der Waals surface area contributed by atoms with Gasteiger partial charge < -0.3 is 14.2 Å². The van der Waals surface area contributed by atoms with Crippen LogP contribution in [0, 0.1) is 0 Å². The maximum atomic E-state index is 11.4. The van der Waals surface area contributed by atoms with Gasteiger partial charge in [0.1, 0.15) is 17.6 Å². The highest BCUT2D eigenvalue weighted by molar-refractivity contribution is 5.85. The van der Waals surface area contributed by atoms with Crippen LogP contribution >= 0.6 is 0 Å². The number of likely N-dealkylation sites (N-methyl/N-ethyl adjacent to an activating group) is 1. The largest absolute Gasteiger partial charge is 0.489 e. The predicted molar refractivity (Wildman–Crippen MR) is 142 cm³/mol. The molecule has 5 heteroatoms. The maximum Gasteiger partial charge on any atom is 0.343 e. The summed E-state index contributed by atoms with van der Waals surface area (Å²) in [5.74, 6) is 1.42. The van der Waals surface area contributed by atoms with E-state index in [1.165, 1.54) is 34.6 Å². The van der Waals surface area contributed by atoms with Gasteiger partial charge in [-0.3, -0.25) is 4.90 Å². The van der Waals surface area contributed by atoms with Crippen LogP contribution in [0.3, 0.4) is 0 Å². The van der Waals surface area contributed by atoms with Crippen LogP contribution in [0.1, 0.15) is 29.0 Å². The molecule has 5 nitrogen and oxygen atoms in total. The van der Waals surface area contributed by atoms with Crippen molar-refractivity contribution in [1.82, 2.24) is 4.90 Å². The van der Waals surface area contributed by atoms with Gasteiger partial charge in [0, 0.05) is 24.6 Å². The van der Waals surface area contributed by atoms with Gasteiger partial charge in [0.05, 0.1) is 7.11 Å². The number of methoxy groups -OCH3 is 1. The number of esters is 1. The summed E-state index contributed by atoms with van der Waals surface area (Å²) in [6.45, 7) is 1.59. The normalized spacial score (nSPS) is 16.9. The molecular formula is C31H31NO4. The third-order valence-corrected chi connectivity index (χ3v) is 6.79. The highest BCUT2D eigenvalue weighted by Crippen LogP contribution is 2.41. The Morgan fingerprint density at radius 2 is 1.69 bits per heavy atom. The van der Waals surface area contributed by atoms with Crippen molar-refractivity contribution in [2.75, 3.05) is 27.3 Å². The van der Waals surface area contributed by atoms with Crippen molar-refractivity contribution >= 4 is 16.7 Å². The molecule has 184 valence electrons. The molecule has 0 spiro atoms. The quantitative estimate of drug-likeness (QED) is 0.298. The van der Waals surface area contributed by atoms with Crippen LogP contribution in [0.5, 0.6) is 11.5 Å². The van der Waals surface area contributed by atoms with Gasteiger partial charge in [-0.2, -0.15) is 0 Å². The number of carbonyl (C=O) groups is 1. The fourth-order valence-corrected chi connectivity index (χ4v) is 5.05. The monoisotopic (exact) mass is 481 g/mol. The number of hydrogen-bond donors (Lipinski definition) is 0. The van der Waals surface area contributed by atoms with Crippen LogP contribution in [-0.2, 0) is 16.1 Å². The first-order chi connectivity index (χ1) is 17.6. The minimum Gasteiger partial charge on any atom is -0.489 e. The van der Waals surface area contributed by atoms with Crippen molar-refractivity contribution < 1.29 is 19.0 Å². The summed E-state index contributed by atoms with van der Waals surface area (Å²) in [5.41, 5.74) is 3.73. The summed E-state index contributed by atoms with van der Waals surface area (Å²) in [6, 6.07) is 31.3. The molecule has 1 heterocycles. The molecule has 0 aliphatic carbocycles. The Morgan fingerprint density at radius 1 is 0.944 bits per heavy atom. The number of benzene rings is 4.